The minimum atomic E-state index is -3.95. The molecule has 0 unspecified atom stereocenters. The Balaban J connectivity index is 3.64. The van der Waals surface area contributed by atoms with Gasteiger partial charge in [-0.3, -0.25) is 0 Å². The van der Waals surface area contributed by atoms with E-state index < -0.39 is 9.05 Å². The van der Waals surface area contributed by atoms with Crippen molar-refractivity contribution in [1.29, 1.82) is 5.26 Å². The summed E-state index contributed by atoms with van der Waals surface area (Å²) < 4.78 is 22.0. The van der Waals surface area contributed by atoms with Crippen molar-refractivity contribution in [1.82, 2.24) is 0 Å². The number of halogens is 2. The maximum Gasteiger partial charge on any atom is 0.262 e. The van der Waals surface area contributed by atoms with Gasteiger partial charge in [-0.2, -0.15) is 5.26 Å². The third-order valence-electron chi connectivity index (χ3n) is 1.41. The number of thiol groups is 1. The van der Waals surface area contributed by atoms with Gasteiger partial charge in [-0.05, 0) is 12.1 Å². The first-order valence-corrected chi connectivity index (χ1v) is 6.37. The predicted octanol–water partition coefficient (Wildman–Crippen LogP) is 2.43. The van der Waals surface area contributed by atoms with E-state index >= 15 is 0 Å². The molecule has 0 amide bonds. The molecule has 0 atom stereocenters. The number of nitriles is 1. The van der Waals surface area contributed by atoms with Gasteiger partial charge in [-0.1, -0.05) is 11.6 Å². The Morgan fingerprint density at radius 3 is 2.43 bits per heavy atom. The first kappa shape index (κ1) is 11.7. The van der Waals surface area contributed by atoms with Crippen LogP contribution >= 0.6 is 34.9 Å². The maximum absolute atomic E-state index is 11.0. The number of nitrogens with zero attached hydrogens (tertiary/aromatic N) is 1. The van der Waals surface area contributed by atoms with Gasteiger partial charge in [-0.15, -0.1) is 12.6 Å². The van der Waals surface area contributed by atoms with Crippen LogP contribution in [0, 0.1) is 11.3 Å². The van der Waals surface area contributed by atoms with Gasteiger partial charge in [0.1, 0.15) is 11.0 Å². The molecule has 0 aliphatic carbocycles. The van der Waals surface area contributed by atoms with Crippen molar-refractivity contribution >= 4 is 44.0 Å². The molecule has 0 saturated carbocycles. The second kappa shape index (κ2) is 3.99. The van der Waals surface area contributed by atoms with E-state index in [-0.39, 0.29) is 15.5 Å². The van der Waals surface area contributed by atoms with E-state index in [9.17, 15) is 8.42 Å². The van der Waals surface area contributed by atoms with Crippen LogP contribution in [0.1, 0.15) is 5.56 Å². The van der Waals surface area contributed by atoms with Crippen LogP contribution in [0.4, 0.5) is 0 Å². The van der Waals surface area contributed by atoms with Crippen molar-refractivity contribution in [3.05, 3.63) is 22.7 Å². The van der Waals surface area contributed by atoms with Crippen molar-refractivity contribution < 1.29 is 8.42 Å². The molecular weight excluding hydrogens is 265 g/mol. The Labute approximate surface area is 96.1 Å². The molecule has 1 rings (SSSR count). The summed E-state index contributed by atoms with van der Waals surface area (Å²) in [5.41, 5.74) is 0.0263. The number of hydrogen-bond donors (Lipinski definition) is 1. The van der Waals surface area contributed by atoms with Crippen LogP contribution in [0.25, 0.3) is 0 Å². The molecule has 0 aliphatic heterocycles. The standard InChI is InChI=1S/C7H3Cl2NO2S2/c8-7-4(3-10)1-5(13)2-6(7)14(9,11)12/h1-2,13H. The van der Waals surface area contributed by atoms with E-state index in [0.29, 0.717) is 4.90 Å². The Hall–Kier alpha value is -0.410. The SMILES string of the molecule is N#Cc1cc(S)cc(S(=O)(=O)Cl)c1Cl. The Morgan fingerprint density at radius 2 is 2.00 bits per heavy atom. The molecule has 74 valence electrons. The lowest BCUT2D eigenvalue weighted by Crippen LogP contribution is -1.94. The summed E-state index contributed by atoms with van der Waals surface area (Å²) in [7, 11) is 1.16. The summed E-state index contributed by atoms with van der Waals surface area (Å²) in [4.78, 5) is 0.00931. The lowest BCUT2D eigenvalue weighted by molar-refractivity contribution is 0.609. The minimum Gasteiger partial charge on any atom is -0.207 e. The molecular formula is C7H3Cl2NO2S2. The number of benzene rings is 1. The fourth-order valence-electron chi connectivity index (χ4n) is 0.842. The van der Waals surface area contributed by atoms with E-state index in [4.69, 9.17) is 27.5 Å². The van der Waals surface area contributed by atoms with Gasteiger partial charge in [0.15, 0.2) is 0 Å². The van der Waals surface area contributed by atoms with Crippen molar-refractivity contribution in [3.8, 4) is 6.07 Å². The molecule has 0 saturated heterocycles. The van der Waals surface area contributed by atoms with E-state index in [1.54, 1.807) is 6.07 Å². The molecule has 3 nitrogen and oxygen atoms in total. The van der Waals surface area contributed by atoms with E-state index in [1.807, 2.05) is 0 Å². The highest BCUT2D eigenvalue weighted by Gasteiger charge is 2.18. The zero-order valence-corrected chi connectivity index (χ0v) is 9.75. The molecule has 0 bridgehead atoms. The fourth-order valence-corrected chi connectivity index (χ4v) is 2.72. The topological polar surface area (TPSA) is 57.9 Å². The molecule has 7 heteroatoms. The largest absolute Gasteiger partial charge is 0.262 e. The summed E-state index contributed by atoms with van der Waals surface area (Å²) in [6.07, 6.45) is 0. The second-order valence-electron chi connectivity index (χ2n) is 2.36. The van der Waals surface area contributed by atoms with Crippen LogP contribution in [0.2, 0.25) is 5.02 Å². The van der Waals surface area contributed by atoms with Crippen LogP contribution < -0.4 is 0 Å². The van der Waals surface area contributed by atoms with Gasteiger partial charge < -0.3 is 0 Å². The number of hydrogen-bond acceptors (Lipinski definition) is 4. The third kappa shape index (κ3) is 2.34. The predicted molar refractivity (Wildman–Crippen MR) is 56.5 cm³/mol. The molecule has 0 N–H and O–H groups in total. The molecule has 1 aromatic carbocycles. The lowest BCUT2D eigenvalue weighted by Gasteiger charge is -2.02. The van der Waals surface area contributed by atoms with Gasteiger partial charge >= 0.3 is 0 Å². The Morgan fingerprint density at radius 1 is 1.43 bits per heavy atom. The van der Waals surface area contributed by atoms with Gasteiger partial charge in [0, 0.05) is 15.6 Å². The van der Waals surface area contributed by atoms with E-state index in [0.717, 1.165) is 0 Å². The zero-order valence-electron chi connectivity index (χ0n) is 6.53. The van der Waals surface area contributed by atoms with Crippen LogP contribution in [0.5, 0.6) is 0 Å². The van der Waals surface area contributed by atoms with Crippen molar-refractivity contribution in [2.75, 3.05) is 0 Å². The third-order valence-corrected chi connectivity index (χ3v) is 3.53. The molecule has 0 spiro atoms. The summed E-state index contributed by atoms with van der Waals surface area (Å²) >= 11 is 9.57. The monoisotopic (exact) mass is 267 g/mol. The highest BCUT2D eigenvalue weighted by Crippen LogP contribution is 2.30. The summed E-state index contributed by atoms with van der Waals surface area (Å²) in [5.74, 6) is 0. The summed E-state index contributed by atoms with van der Waals surface area (Å²) in [6.45, 7) is 0. The Bertz CT molecular complexity index is 519. The molecule has 14 heavy (non-hydrogen) atoms. The molecule has 0 aliphatic rings. The highest BCUT2D eigenvalue weighted by molar-refractivity contribution is 8.13. The molecule has 0 fully saturated rings. The molecule has 0 aromatic heterocycles. The van der Waals surface area contributed by atoms with Gasteiger partial charge in [-0.25, -0.2) is 8.42 Å². The maximum atomic E-state index is 11.0. The molecule has 0 radical (unpaired) electrons. The van der Waals surface area contributed by atoms with Crippen molar-refractivity contribution in [2.45, 2.75) is 9.79 Å². The smallest absolute Gasteiger partial charge is 0.207 e. The zero-order chi connectivity index (χ0) is 10.9. The average molecular weight is 268 g/mol. The van der Waals surface area contributed by atoms with Crippen LogP contribution in [-0.4, -0.2) is 8.42 Å². The average Bonchev–Trinajstić information content (AvgIpc) is 2.06. The molecule has 1 aromatic rings. The van der Waals surface area contributed by atoms with Crippen LogP contribution in [0.3, 0.4) is 0 Å². The fraction of sp³-hybridized carbons (Fsp3) is 0. The number of rotatable bonds is 1. The second-order valence-corrected chi connectivity index (χ2v) is 5.78. The first-order valence-electron chi connectivity index (χ1n) is 3.23. The molecule has 0 heterocycles. The van der Waals surface area contributed by atoms with Gasteiger partial charge in [0.2, 0.25) is 0 Å². The van der Waals surface area contributed by atoms with Gasteiger partial charge in [0.05, 0.1) is 10.6 Å². The van der Waals surface area contributed by atoms with Crippen LogP contribution in [0.15, 0.2) is 21.9 Å². The van der Waals surface area contributed by atoms with Crippen molar-refractivity contribution in [2.24, 2.45) is 0 Å². The lowest BCUT2D eigenvalue weighted by atomic mass is 10.2. The summed E-state index contributed by atoms with van der Waals surface area (Å²) in [6, 6.07) is 4.29. The van der Waals surface area contributed by atoms with E-state index in [1.165, 1.54) is 12.1 Å². The Kier molecular flexibility index (Phi) is 3.32. The van der Waals surface area contributed by atoms with Crippen molar-refractivity contribution in [3.63, 3.8) is 0 Å². The summed E-state index contributed by atoms with van der Waals surface area (Å²) in [5, 5.41) is 8.45. The highest BCUT2D eigenvalue weighted by atomic mass is 35.7. The van der Waals surface area contributed by atoms with Crippen LogP contribution in [-0.2, 0) is 9.05 Å². The minimum absolute atomic E-state index is 0.0263. The van der Waals surface area contributed by atoms with E-state index in [2.05, 4.69) is 12.6 Å². The first-order chi connectivity index (χ1) is 6.36. The van der Waals surface area contributed by atoms with Gasteiger partial charge in [0.25, 0.3) is 9.05 Å². The quantitative estimate of drug-likeness (QED) is 0.628. The normalized spacial score (nSPS) is 11.0.